The predicted molar refractivity (Wildman–Crippen MR) is 77.0 cm³/mol. The van der Waals surface area contributed by atoms with E-state index < -0.39 is 0 Å². The summed E-state index contributed by atoms with van der Waals surface area (Å²) in [6.07, 6.45) is 0. The van der Waals surface area contributed by atoms with Crippen molar-refractivity contribution in [3.05, 3.63) is 28.5 Å². The van der Waals surface area contributed by atoms with E-state index >= 15 is 0 Å². The van der Waals surface area contributed by atoms with Gasteiger partial charge in [0.15, 0.2) is 0 Å². The van der Waals surface area contributed by atoms with Crippen LogP contribution in [-0.4, -0.2) is 19.1 Å². The molecule has 0 aliphatic carbocycles. The van der Waals surface area contributed by atoms with E-state index in [0.29, 0.717) is 6.01 Å². The molecule has 0 atom stereocenters. The Hall–Kier alpha value is -1.97. The molecule has 4 heteroatoms. The molecule has 0 aliphatic rings. The first-order chi connectivity index (χ1) is 8.99. The summed E-state index contributed by atoms with van der Waals surface area (Å²) in [5.41, 5.74) is 5.47. The lowest BCUT2D eigenvalue weighted by molar-refractivity contribution is 0.411. The molecule has 0 aliphatic heterocycles. The summed E-state index contributed by atoms with van der Waals surface area (Å²) >= 11 is 0. The van der Waals surface area contributed by atoms with Crippen molar-refractivity contribution in [1.82, 2.24) is 4.98 Å². The maximum Gasteiger partial charge on any atom is 0.295 e. The molecule has 19 heavy (non-hydrogen) atoms. The van der Waals surface area contributed by atoms with E-state index in [1.807, 2.05) is 13.0 Å². The molecule has 0 saturated heterocycles. The molecule has 0 fully saturated rings. The number of hydrogen-bond acceptors (Lipinski definition) is 4. The summed E-state index contributed by atoms with van der Waals surface area (Å²) in [5, 5.41) is 2.93. The van der Waals surface area contributed by atoms with Crippen LogP contribution in [0.4, 0.5) is 6.01 Å². The number of benzene rings is 1. The maximum absolute atomic E-state index is 5.57. The topological polar surface area (TPSA) is 47.3 Å². The zero-order valence-electron chi connectivity index (χ0n) is 12.3. The Morgan fingerprint density at radius 3 is 2.37 bits per heavy atom. The summed E-state index contributed by atoms with van der Waals surface area (Å²) in [6.45, 7) is 8.15. The van der Waals surface area contributed by atoms with E-state index in [1.165, 1.54) is 5.56 Å². The number of methoxy groups -OCH3 is 1. The van der Waals surface area contributed by atoms with Gasteiger partial charge >= 0.3 is 0 Å². The average Bonchev–Trinajstić information content (AvgIpc) is 2.75. The van der Waals surface area contributed by atoms with Crippen molar-refractivity contribution < 1.29 is 9.15 Å². The molecule has 0 unspecified atom stereocenters. The number of aryl methyl sites for hydroxylation is 2. The molecule has 4 nitrogen and oxygen atoms in total. The van der Waals surface area contributed by atoms with Crippen LogP contribution >= 0.6 is 0 Å². The van der Waals surface area contributed by atoms with E-state index in [9.17, 15) is 0 Å². The molecule has 0 spiro atoms. The van der Waals surface area contributed by atoms with Crippen LogP contribution in [0.1, 0.15) is 22.5 Å². The number of nitrogens with one attached hydrogen (secondary N) is 1. The smallest absolute Gasteiger partial charge is 0.295 e. The fourth-order valence-corrected chi connectivity index (χ4v) is 2.36. The second-order valence-corrected chi connectivity index (χ2v) is 4.69. The minimum absolute atomic E-state index is 0.541. The van der Waals surface area contributed by atoms with Gasteiger partial charge in [-0.25, -0.2) is 0 Å². The highest BCUT2D eigenvalue weighted by Crippen LogP contribution is 2.36. The summed E-state index contributed by atoms with van der Waals surface area (Å²) in [7, 11) is 3.50. The molecular weight excluding hydrogens is 240 g/mol. The second kappa shape index (κ2) is 4.96. The van der Waals surface area contributed by atoms with Gasteiger partial charge in [0.2, 0.25) is 0 Å². The Balaban J connectivity index is 2.68. The number of aromatic nitrogens is 1. The van der Waals surface area contributed by atoms with E-state index in [-0.39, 0.29) is 0 Å². The minimum Gasteiger partial charge on any atom is -0.496 e. The lowest BCUT2D eigenvalue weighted by Crippen LogP contribution is -1.97. The summed E-state index contributed by atoms with van der Waals surface area (Å²) < 4.78 is 11.0. The van der Waals surface area contributed by atoms with E-state index in [0.717, 1.165) is 33.9 Å². The number of nitrogens with zero attached hydrogens (tertiary/aromatic N) is 1. The van der Waals surface area contributed by atoms with Crippen molar-refractivity contribution in [2.24, 2.45) is 0 Å². The molecule has 1 heterocycles. The van der Waals surface area contributed by atoms with E-state index in [2.05, 4.69) is 31.1 Å². The van der Waals surface area contributed by atoms with Gasteiger partial charge in [-0.2, -0.15) is 4.98 Å². The van der Waals surface area contributed by atoms with Gasteiger partial charge in [0.05, 0.1) is 7.11 Å². The lowest BCUT2D eigenvalue weighted by Gasteiger charge is -2.14. The van der Waals surface area contributed by atoms with Crippen LogP contribution in [0.3, 0.4) is 0 Å². The van der Waals surface area contributed by atoms with Crippen molar-refractivity contribution in [1.29, 1.82) is 0 Å². The molecular formula is C15H20N2O2. The number of rotatable bonds is 3. The SMILES string of the molecule is CNc1nc(-c2c(C)cc(OC)c(C)c2C)c(C)o1. The predicted octanol–water partition coefficient (Wildman–Crippen LogP) is 3.63. The van der Waals surface area contributed by atoms with Crippen molar-refractivity contribution in [3.63, 3.8) is 0 Å². The van der Waals surface area contributed by atoms with Crippen molar-refractivity contribution in [3.8, 4) is 17.0 Å². The largest absolute Gasteiger partial charge is 0.496 e. The normalized spacial score (nSPS) is 10.6. The van der Waals surface area contributed by atoms with Gasteiger partial charge in [-0.15, -0.1) is 0 Å². The Labute approximate surface area is 113 Å². The Kier molecular flexibility index (Phi) is 3.51. The standard InChI is InChI=1S/C15H20N2O2/c1-8-7-12(18-6)9(2)10(3)13(8)14-11(4)19-15(16-5)17-14/h7H,1-6H3,(H,16,17). The highest BCUT2D eigenvalue weighted by molar-refractivity contribution is 5.73. The van der Waals surface area contributed by atoms with Gasteiger partial charge in [0.25, 0.3) is 6.01 Å². The Bertz CT molecular complexity index is 615. The third kappa shape index (κ3) is 2.18. The molecule has 2 aromatic rings. The van der Waals surface area contributed by atoms with Crippen LogP contribution in [0.5, 0.6) is 5.75 Å². The maximum atomic E-state index is 5.57. The van der Waals surface area contributed by atoms with Gasteiger partial charge in [0, 0.05) is 12.6 Å². The molecule has 1 aromatic carbocycles. The number of hydrogen-bond donors (Lipinski definition) is 1. The van der Waals surface area contributed by atoms with Crippen LogP contribution in [0.2, 0.25) is 0 Å². The van der Waals surface area contributed by atoms with Crippen LogP contribution in [-0.2, 0) is 0 Å². The second-order valence-electron chi connectivity index (χ2n) is 4.69. The fraction of sp³-hybridized carbons (Fsp3) is 0.400. The molecule has 0 saturated carbocycles. The quantitative estimate of drug-likeness (QED) is 0.915. The highest BCUT2D eigenvalue weighted by atomic mass is 16.5. The fourth-order valence-electron chi connectivity index (χ4n) is 2.36. The van der Waals surface area contributed by atoms with E-state index in [1.54, 1.807) is 14.2 Å². The van der Waals surface area contributed by atoms with Gasteiger partial charge in [-0.05, 0) is 50.5 Å². The molecule has 0 bridgehead atoms. The Morgan fingerprint density at radius 1 is 1.16 bits per heavy atom. The van der Waals surface area contributed by atoms with Crippen molar-refractivity contribution >= 4 is 6.01 Å². The van der Waals surface area contributed by atoms with Crippen molar-refractivity contribution in [2.75, 3.05) is 19.5 Å². The first kappa shape index (κ1) is 13.5. The first-order valence-corrected chi connectivity index (χ1v) is 6.30. The summed E-state index contributed by atoms with van der Waals surface area (Å²) in [4.78, 5) is 4.50. The monoisotopic (exact) mass is 260 g/mol. The molecule has 0 radical (unpaired) electrons. The Morgan fingerprint density at radius 2 is 1.84 bits per heavy atom. The number of anilines is 1. The van der Waals surface area contributed by atoms with Crippen LogP contribution in [0.15, 0.2) is 10.5 Å². The zero-order valence-corrected chi connectivity index (χ0v) is 12.3. The molecule has 2 rings (SSSR count). The van der Waals surface area contributed by atoms with Gasteiger partial charge in [-0.1, -0.05) is 0 Å². The summed E-state index contributed by atoms with van der Waals surface area (Å²) in [5.74, 6) is 1.73. The van der Waals surface area contributed by atoms with Gasteiger partial charge < -0.3 is 14.5 Å². The summed E-state index contributed by atoms with van der Waals surface area (Å²) in [6, 6.07) is 2.59. The first-order valence-electron chi connectivity index (χ1n) is 6.30. The molecule has 1 aromatic heterocycles. The van der Waals surface area contributed by atoms with Gasteiger partial charge in [0.1, 0.15) is 17.2 Å². The minimum atomic E-state index is 0.541. The molecule has 0 amide bonds. The molecule has 1 N–H and O–H groups in total. The third-order valence-electron chi connectivity index (χ3n) is 3.52. The van der Waals surface area contributed by atoms with E-state index in [4.69, 9.17) is 9.15 Å². The lowest BCUT2D eigenvalue weighted by atomic mass is 9.94. The van der Waals surface area contributed by atoms with Crippen molar-refractivity contribution in [2.45, 2.75) is 27.7 Å². The van der Waals surface area contributed by atoms with Crippen LogP contribution in [0.25, 0.3) is 11.3 Å². The number of ether oxygens (including phenoxy) is 1. The highest BCUT2D eigenvalue weighted by Gasteiger charge is 2.18. The van der Waals surface area contributed by atoms with Gasteiger partial charge in [-0.3, -0.25) is 0 Å². The third-order valence-corrected chi connectivity index (χ3v) is 3.52. The average molecular weight is 260 g/mol. The zero-order chi connectivity index (χ0) is 14.2. The van der Waals surface area contributed by atoms with Crippen LogP contribution < -0.4 is 10.1 Å². The molecule has 102 valence electrons. The van der Waals surface area contributed by atoms with Crippen LogP contribution in [0, 0.1) is 27.7 Å². The number of oxazole rings is 1.